The fraction of sp³-hybridized carbons (Fsp3) is 0.148. The molecule has 3 aromatic heterocycles. The Hall–Kier alpha value is -3.42. The number of benzene rings is 2. The standard InChI is InChI=1S/C27H24N4OS2/c1-19-4-6-21(7-5-19)18-34-27-30-24-12-13-28-16-25(24)31(27)17-20-8-10-22(11-9-20)26(32)29-15-23-3-2-14-33-23/h2-14,16H,15,17-18H2,1H3,(H,29,32). The van der Waals surface area contributed by atoms with E-state index in [1.807, 2.05) is 54.0 Å². The van der Waals surface area contributed by atoms with Gasteiger partial charge in [0, 0.05) is 22.4 Å². The fourth-order valence-corrected chi connectivity index (χ4v) is 5.28. The highest BCUT2D eigenvalue weighted by Gasteiger charge is 2.13. The summed E-state index contributed by atoms with van der Waals surface area (Å²) in [6, 6.07) is 22.4. The Bertz CT molecular complexity index is 1390. The number of hydrogen-bond donors (Lipinski definition) is 1. The maximum Gasteiger partial charge on any atom is 0.251 e. The first kappa shape index (κ1) is 22.4. The number of imidazole rings is 1. The summed E-state index contributed by atoms with van der Waals surface area (Å²) in [5.41, 5.74) is 6.24. The van der Waals surface area contributed by atoms with Crippen molar-refractivity contribution in [2.24, 2.45) is 0 Å². The molecule has 0 radical (unpaired) electrons. The number of fused-ring (bicyclic) bond motifs is 1. The number of amides is 1. The third kappa shape index (κ3) is 5.21. The summed E-state index contributed by atoms with van der Waals surface area (Å²) in [4.78, 5) is 22.8. The molecule has 3 heterocycles. The number of nitrogens with one attached hydrogen (secondary N) is 1. The third-order valence-electron chi connectivity index (χ3n) is 5.56. The largest absolute Gasteiger partial charge is 0.347 e. The van der Waals surface area contributed by atoms with Crippen LogP contribution in [-0.4, -0.2) is 20.4 Å². The molecule has 5 aromatic rings. The summed E-state index contributed by atoms with van der Waals surface area (Å²) in [6.07, 6.45) is 3.64. The molecule has 1 N–H and O–H groups in total. The first-order chi connectivity index (χ1) is 16.7. The summed E-state index contributed by atoms with van der Waals surface area (Å²) in [5, 5.41) is 5.95. The Balaban J connectivity index is 1.31. The molecule has 5 nitrogen and oxygen atoms in total. The van der Waals surface area contributed by atoms with Gasteiger partial charge in [-0.15, -0.1) is 11.3 Å². The Labute approximate surface area is 206 Å². The van der Waals surface area contributed by atoms with Gasteiger partial charge in [-0.3, -0.25) is 9.78 Å². The Kier molecular flexibility index (Phi) is 6.74. The molecule has 0 fully saturated rings. The Morgan fingerprint density at radius 2 is 1.82 bits per heavy atom. The van der Waals surface area contributed by atoms with Crippen LogP contribution in [0.15, 0.2) is 89.7 Å². The van der Waals surface area contributed by atoms with Gasteiger partial charge >= 0.3 is 0 Å². The van der Waals surface area contributed by atoms with Crippen molar-refractivity contribution in [3.63, 3.8) is 0 Å². The van der Waals surface area contributed by atoms with Crippen molar-refractivity contribution < 1.29 is 4.79 Å². The number of rotatable bonds is 8. The quantitative estimate of drug-likeness (QED) is 0.272. The number of thioether (sulfide) groups is 1. The first-order valence-electron chi connectivity index (χ1n) is 11.0. The van der Waals surface area contributed by atoms with E-state index >= 15 is 0 Å². The van der Waals surface area contributed by atoms with Crippen LogP contribution >= 0.6 is 23.1 Å². The van der Waals surface area contributed by atoms with Crippen LogP contribution in [0.2, 0.25) is 0 Å². The number of pyridine rings is 1. The smallest absolute Gasteiger partial charge is 0.251 e. The number of carbonyl (C=O) groups is 1. The number of aromatic nitrogens is 3. The van der Waals surface area contributed by atoms with E-state index in [1.165, 1.54) is 11.1 Å². The number of hydrogen-bond acceptors (Lipinski definition) is 5. The normalized spacial score (nSPS) is 11.1. The predicted octanol–water partition coefficient (Wildman–Crippen LogP) is 6.07. The molecule has 0 spiro atoms. The molecule has 1 amide bonds. The van der Waals surface area contributed by atoms with E-state index in [4.69, 9.17) is 4.98 Å². The molecule has 0 atom stereocenters. The molecule has 0 saturated heterocycles. The molecule has 0 bridgehead atoms. The molecule has 7 heteroatoms. The van der Waals surface area contributed by atoms with Crippen LogP contribution in [0, 0.1) is 6.92 Å². The van der Waals surface area contributed by atoms with Crippen LogP contribution in [0.1, 0.15) is 31.9 Å². The molecule has 0 saturated carbocycles. The molecule has 0 aliphatic rings. The zero-order valence-electron chi connectivity index (χ0n) is 18.8. The van der Waals surface area contributed by atoms with Crippen LogP contribution in [0.25, 0.3) is 11.0 Å². The highest BCUT2D eigenvalue weighted by Crippen LogP contribution is 2.27. The molecule has 0 aliphatic carbocycles. The molecule has 0 unspecified atom stereocenters. The van der Waals surface area contributed by atoms with Gasteiger partial charge in [-0.1, -0.05) is 59.8 Å². The average molecular weight is 485 g/mol. The predicted molar refractivity (Wildman–Crippen MR) is 139 cm³/mol. The van der Waals surface area contributed by atoms with Crippen molar-refractivity contribution in [1.29, 1.82) is 0 Å². The van der Waals surface area contributed by atoms with E-state index in [2.05, 4.69) is 46.1 Å². The minimum absolute atomic E-state index is 0.0634. The summed E-state index contributed by atoms with van der Waals surface area (Å²) >= 11 is 3.36. The number of nitrogens with zero attached hydrogens (tertiary/aromatic N) is 3. The topological polar surface area (TPSA) is 59.8 Å². The highest BCUT2D eigenvalue weighted by atomic mass is 32.2. The second-order valence-corrected chi connectivity index (χ2v) is 10.1. The molecule has 2 aromatic carbocycles. The van der Waals surface area contributed by atoms with Crippen LogP contribution < -0.4 is 5.32 Å². The number of carbonyl (C=O) groups excluding carboxylic acids is 1. The van der Waals surface area contributed by atoms with Gasteiger partial charge in [0.2, 0.25) is 0 Å². The second kappa shape index (κ2) is 10.2. The van der Waals surface area contributed by atoms with Crippen LogP contribution in [-0.2, 0) is 18.8 Å². The summed E-state index contributed by atoms with van der Waals surface area (Å²) < 4.78 is 2.20. The molecule has 34 heavy (non-hydrogen) atoms. The van der Waals surface area contributed by atoms with Crippen molar-refractivity contribution in [2.45, 2.75) is 30.9 Å². The van der Waals surface area contributed by atoms with Crippen molar-refractivity contribution in [3.05, 3.63) is 112 Å². The van der Waals surface area contributed by atoms with E-state index in [0.717, 1.165) is 32.4 Å². The maximum absolute atomic E-state index is 12.5. The zero-order valence-corrected chi connectivity index (χ0v) is 20.4. The lowest BCUT2D eigenvalue weighted by atomic mass is 10.1. The van der Waals surface area contributed by atoms with E-state index in [1.54, 1.807) is 29.3 Å². The van der Waals surface area contributed by atoms with Crippen molar-refractivity contribution in [1.82, 2.24) is 19.9 Å². The summed E-state index contributed by atoms with van der Waals surface area (Å²) in [7, 11) is 0. The zero-order chi connectivity index (χ0) is 23.3. The minimum atomic E-state index is -0.0634. The maximum atomic E-state index is 12.5. The van der Waals surface area contributed by atoms with Gasteiger partial charge in [0.1, 0.15) is 0 Å². The van der Waals surface area contributed by atoms with Crippen LogP contribution in [0.4, 0.5) is 0 Å². The molecular formula is C27H24N4OS2. The lowest BCUT2D eigenvalue weighted by Crippen LogP contribution is -2.22. The summed E-state index contributed by atoms with van der Waals surface area (Å²) in [6.45, 7) is 3.31. The molecule has 0 aliphatic heterocycles. The Morgan fingerprint density at radius 1 is 1.03 bits per heavy atom. The molecule has 5 rings (SSSR count). The van der Waals surface area contributed by atoms with Crippen LogP contribution in [0.5, 0.6) is 0 Å². The lowest BCUT2D eigenvalue weighted by molar-refractivity contribution is 0.0951. The van der Waals surface area contributed by atoms with Gasteiger partial charge in [-0.05, 0) is 47.7 Å². The number of aryl methyl sites for hydroxylation is 1. The minimum Gasteiger partial charge on any atom is -0.347 e. The first-order valence-corrected chi connectivity index (χ1v) is 12.9. The third-order valence-corrected chi connectivity index (χ3v) is 7.49. The van der Waals surface area contributed by atoms with Gasteiger partial charge in [0.15, 0.2) is 5.16 Å². The average Bonchev–Trinajstić information content (AvgIpc) is 3.51. The van der Waals surface area contributed by atoms with Gasteiger partial charge in [0.25, 0.3) is 5.91 Å². The van der Waals surface area contributed by atoms with E-state index in [-0.39, 0.29) is 5.91 Å². The van der Waals surface area contributed by atoms with Gasteiger partial charge in [-0.25, -0.2) is 4.98 Å². The van der Waals surface area contributed by atoms with Gasteiger partial charge in [0.05, 0.1) is 30.3 Å². The summed E-state index contributed by atoms with van der Waals surface area (Å²) in [5.74, 6) is 0.784. The van der Waals surface area contributed by atoms with Crippen molar-refractivity contribution >= 4 is 40.0 Å². The van der Waals surface area contributed by atoms with Crippen molar-refractivity contribution in [2.75, 3.05) is 0 Å². The lowest BCUT2D eigenvalue weighted by Gasteiger charge is -2.10. The molecular weight excluding hydrogens is 460 g/mol. The van der Waals surface area contributed by atoms with Crippen LogP contribution in [0.3, 0.4) is 0 Å². The fourth-order valence-electron chi connectivity index (χ4n) is 3.67. The Morgan fingerprint density at radius 3 is 2.59 bits per heavy atom. The highest BCUT2D eigenvalue weighted by molar-refractivity contribution is 7.98. The molecule has 170 valence electrons. The van der Waals surface area contributed by atoms with Crippen molar-refractivity contribution in [3.8, 4) is 0 Å². The number of thiophene rings is 1. The van der Waals surface area contributed by atoms with E-state index in [9.17, 15) is 4.79 Å². The van der Waals surface area contributed by atoms with Gasteiger partial charge < -0.3 is 9.88 Å². The second-order valence-electron chi connectivity index (χ2n) is 8.08. The van der Waals surface area contributed by atoms with E-state index in [0.29, 0.717) is 18.7 Å². The van der Waals surface area contributed by atoms with Gasteiger partial charge in [-0.2, -0.15) is 0 Å². The monoisotopic (exact) mass is 484 g/mol. The van der Waals surface area contributed by atoms with E-state index < -0.39 is 0 Å². The SMILES string of the molecule is Cc1ccc(CSc2nc3ccncc3n2Cc2ccc(C(=O)NCc3cccs3)cc2)cc1.